The summed E-state index contributed by atoms with van der Waals surface area (Å²) < 4.78 is 5.39. The zero-order valence-corrected chi connectivity index (χ0v) is 14.3. The predicted octanol–water partition coefficient (Wildman–Crippen LogP) is 3.90. The van der Waals surface area contributed by atoms with Gasteiger partial charge in [-0.3, -0.25) is 9.69 Å². The van der Waals surface area contributed by atoms with Crippen LogP contribution in [0.5, 0.6) is 5.75 Å². The quantitative estimate of drug-likeness (QED) is 0.650. The molecule has 0 bridgehead atoms. The van der Waals surface area contributed by atoms with Crippen LogP contribution in [0.15, 0.2) is 24.4 Å². The van der Waals surface area contributed by atoms with Crippen molar-refractivity contribution in [3.63, 3.8) is 0 Å². The number of likely N-dealkylation sites (tertiary alicyclic amines) is 1. The Hall–Kier alpha value is -1.81. The van der Waals surface area contributed by atoms with E-state index in [1.165, 1.54) is 31.7 Å². The minimum absolute atomic E-state index is 0.274. The molecule has 1 aliphatic rings. The van der Waals surface area contributed by atoms with E-state index in [2.05, 4.69) is 29.9 Å². The van der Waals surface area contributed by atoms with E-state index in [0.717, 1.165) is 36.0 Å². The Morgan fingerprint density at radius 3 is 2.70 bits per heavy atom. The molecule has 0 spiro atoms. The molecule has 0 saturated carbocycles. The highest BCUT2D eigenvalue weighted by molar-refractivity contribution is 5.91. The maximum Gasteiger partial charge on any atom is 0.308 e. The van der Waals surface area contributed by atoms with Crippen LogP contribution < -0.4 is 4.74 Å². The number of hydrogen-bond acceptors (Lipinski definition) is 3. The minimum Gasteiger partial charge on any atom is -0.426 e. The zero-order chi connectivity index (χ0) is 16.4. The Morgan fingerprint density at radius 2 is 2.04 bits per heavy atom. The minimum atomic E-state index is -0.274. The molecule has 1 fully saturated rings. The summed E-state index contributed by atoms with van der Waals surface area (Å²) >= 11 is 0. The molecule has 0 amide bonds. The summed E-state index contributed by atoms with van der Waals surface area (Å²) in [6, 6.07) is 7.28. The molecule has 1 N–H and O–H groups in total. The lowest BCUT2D eigenvalue weighted by Gasteiger charge is -2.48. The number of hydrogen-bond donors (Lipinski definition) is 1. The number of nitrogens with zero attached hydrogens (tertiary/aromatic N) is 1. The SMILES string of the molecule is CCC1CC(CC)N1CCc1c[nH]c2cccc(OC(C)=O)c12. The number of carbonyl (C=O) groups is 1. The van der Waals surface area contributed by atoms with Gasteiger partial charge in [-0.15, -0.1) is 0 Å². The van der Waals surface area contributed by atoms with Crippen molar-refractivity contribution in [3.05, 3.63) is 30.0 Å². The lowest BCUT2D eigenvalue weighted by atomic mass is 9.88. The molecule has 0 radical (unpaired) electrons. The fourth-order valence-corrected chi connectivity index (χ4v) is 3.82. The van der Waals surface area contributed by atoms with Gasteiger partial charge in [-0.05, 0) is 43.4 Å². The molecule has 2 heterocycles. The summed E-state index contributed by atoms with van der Waals surface area (Å²) in [5, 5.41) is 1.05. The smallest absolute Gasteiger partial charge is 0.308 e. The number of esters is 1. The lowest BCUT2D eigenvalue weighted by Crippen LogP contribution is -2.55. The van der Waals surface area contributed by atoms with Gasteiger partial charge < -0.3 is 9.72 Å². The number of carbonyl (C=O) groups excluding carboxylic acids is 1. The Balaban J connectivity index is 1.79. The fraction of sp³-hybridized carbons (Fsp3) is 0.526. The molecule has 1 saturated heterocycles. The molecule has 1 aromatic heterocycles. The molecular formula is C19H26N2O2. The van der Waals surface area contributed by atoms with E-state index in [9.17, 15) is 4.79 Å². The summed E-state index contributed by atoms with van der Waals surface area (Å²) in [6.45, 7) is 7.06. The van der Waals surface area contributed by atoms with Gasteiger partial charge in [-0.1, -0.05) is 19.9 Å². The number of H-pyrrole nitrogens is 1. The van der Waals surface area contributed by atoms with Crippen LogP contribution in [0.2, 0.25) is 0 Å². The first-order valence-corrected chi connectivity index (χ1v) is 8.67. The molecule has 2 atom stereocenters. The molecule has 3 rings (SSSR count). The van der Waals surface area contributed by atoms with E-state index in [0.29, 0.717) is 5.75 Å². The van der Waals surface area contributed by atoms with Gasteiger partial charge >= 0.3 is 5.97 Å². The van der Waals surface area contributed by atoms with Crippen LogP contribution in [-0.2, 0) is 11.2 Å². The average Bonchev–Trinajstić information content (AvgIpc) is 2.91. The van der Waals surface area contributed by atoms with Crippen LogP contribution >= 0.6 is 0 Å². The van der Waals surface area contributed by atoms with Gasteiger partial charge in [-0.2, -0.15) is 0 Å². The van der Waals surface area contributed by atoms with Crippen molar-refractivity contribution in [1.82, 2.24) is 9.88 Å². The summed E-state index contributed by atoms with van der Waals surface area (Å²) in [7, 11) is 0. The van der Waals surface area contributed by atoms with Crippen LogP contribution in [0.1, 0.15) is 45.6 Å². The molecule has 2 unspecified atom stereocenters. The van der Waals surface area contributed by atoms with Crippen molar-refractivity contribution in [3.8, 4) is 5.75 Å². The third kappa shape index (κ3) is 3.13. The van der Waals surface area contributed by atoms with E-state index in [1.54, 1.807) is 0 Å². The first-order valence-electron chi connectivity index (χ1n) is 8.67. The lowest BCUT2D eigenvalue weighted by molar-refractivity contribution is -0.131. The highest BCUT2D eigenvalue weighted by atomic mass is 16.5. The van der Waals surface area contributed by atoms with E-state index in [4.69, 9.17) is 4.74 Å². The highest BCUT2D eigenvalue weighted by Crippen LogP contribution is 2.33. The number of nitrogens with one attached hydrogen (secondary N) is 1. The van der Waals surface area contributed by atoms with Gasteiger partial charge in [0.1, 0.15) is 5.75 Å². The maximum absolute atomic E-state index is 11.3. The summed E-state index contributed by atoms with van der Waals surface area (Å²) in [4.78, 5) is 17.3. The van der Waals surface area contributed by atoms with Gasteiger partial charge in [0.05, 0.1) is 0 Å². The van der Waals surface area contributed by atoms with Crippen LogP contribution in [0.25, 0.3) is 10.9 Å². The first-order chi connectivity index (χ1) is 11.1. The number of aromatic amines is 1. The van der Waals surface area contributed by atoms with Gasteiger partial charge in [0, 0.05) is 42.7 Å². The van der Waals surface area contributed by atoms with Crippen LogP contribution in [-0.4, -0.2) is 34.5 Å². The Labute approximate surface area is 137 Å². The summed E-state index contributed by atoms with van der Waals surface area (Å²) in [6.07, 6.45) is 6.82. The standard InChI is InChI=1S/C19H26N2O2/c1-4-15-11-16(5-2)21(15)10-9-14-12-20-17-7-6-8-18(19(14)17)23-13(3)22/h6-8,12,15-16,20H,4-5,9-11H2,1-3H3. The normalized spacial score (nSPS) is 21.3. The number of fused-ring (bicyclic) bond motifs is 1. The first kappa shape index (κ1) is 16.1. The Kier molecular flexibility index (Phi) is 4.71. The summed E-state index contributed by atoms with van der Waals surface area (Å²) in [5.74, 6) is 0.387. The second-order valence-corrected chi connectivity index (χ2v) is 6.43. The second kappa shape index (κ2) is 6.75. The fourth-order valence-electron chi connectivity index (χ4n) is 3.82. The number of aromatic nitrogens is 1. The van der Waals surface area contributed by atoms with E-state index < -0.39 is 0 Å². The molecule has 2 aromatic rings. The topological polar surface area (TPSA) is 45.3 Å². The van der Waals surface area contributed by atoms with Crippen LogP contribution in [0.3, 0.4) is 0 Å². The van der Waals surface area contributed by atoms with Crippen molar-refractivity contribution in [1.29, 1.82) is 0 Å². The Bertz CT molecular complexity index is 682. The monoisotopic (exact) mass is 314 g/mol. The molecular weight excluding hydrogens is 288 g/mol. The number of benzene rings is 1. The van der Waals surface area contributed by atoms with Gasteiger partial charge in [0.25, 0.3) is 0 Å². The van der Waals surface area contributed by atoms with Gasteiger partial charge in [0.2, 0.25) is 0 Å². The number of rotatable bonds is 6. The average molecular weight is 314 g/mol. The van der Waals surface area contributed by atoms with E-state index in [1.807, 2.05) is 18.2 Å². The molecule has 0 aliphatic carbocycles. The molecule has 1 aliphatic heterocycles. The molecule has 23 heavy (non-hydrogen) atoms. The van der Waals surface area contributed by atoms with Crippen molar-refractivity contribution >= 4 is 16.9 Å². The van der Waals surface area contributed by atoms with Gasteiger partial charge in [-0.25, -0.2) is 0 Å². The number of ether oxygens (including phenoxy) is 1. The van der Waals surface area contributed by atoms with Crippen molar-refractivity contribution in [2.75, 3.05) is 6.54 Å². The molecule has 4 heteroatoms. The third-order valence-corrected chi connectivity index (χ3v) is 5.07. The van der Waals surface area contributed by atoms with Gasteiger partial charge in [0.15, 0.2) is 0 Å². The second-order valence-electron chi connectivity index (χ2n) is 6.43. The van der Waals surface area contributed by atoms with E-state index >= 15 is 0 Å². The van der Waals surface area contributed by atoms with Crippen LogP contribution in [0, 0.1) is 0 Å². The zero-order valence-electron chi connectivity index (χ0n) is 14.3. The largest absolute Gasteiger partial charge is 0.426 e. The molecule has 4 nitrogen and oxygen atoms in total. The molecule has 1 aromatic carbocycles. The summed E-state index contributed by atoms with van der Waals surface area (Å²) in [5.41, 5.74) is 2.26. The van der Waals surface area contributed by atoms with Crippen molar-refractivity contribution in [2.45, 2.75) is 58.5 Å². The van der Waals surface area contributed by atoms with Crippen molar-refractivity contribution < 1.29 is 9.53 Å². The van der Waals surface area contributed by atoms with Crippen LogP contribution in [0.4, 0.5) is 0 Å². The highest BCUT2D eigenvalue weighted by Gasteiger charge is 2.35. The predicted molar refractivity (Wildman–Crippen MR) is 92.8 cm³/mol. The Morgan fingerprint density at radius 1 is 1.30 bits per heavy atom. The third-order valence-electron chi connectivity index (χ3n) is 5.07. The van der Waals surface area contributed by atoms with Crippen molar-refractivity contribution in [2.24, 2.45) is 0 Å². The molecule has 124 valence electrons. The maximum atomic E-state index is 11.3. The van der Waals surface area contributed by atoms with E-state index in [-0.39, 0.29) is 5.97 Å².